The standard InChI is InChI=1S/C26H24FN3O2S/c1-18(19-10-3-2-4-11-19)28-24(31)16-9-17-33-26-29-22-14-7-5-12-20(22)25(32)30(26)23-15-8-6-13-21(23)27/h2-8,10-15,18H,9,16-17H2,1H3,(H,28,31). The maximum atomic E-state index is 14.5. The van der Waals surface area contributed by atoms with Gasteiger partial charge in [0.1, 0.15) is 5.82 Å². The second-order valence-electron chi connectivity index (χ2n) is 7.66. The number of amides is 1. The van der Waals surface area contributed by atoms with Crippen molar-refractivity contribution >= 4 is 28.6 Å². The van der Waals surface area contributed by atoms with Crippen molar-refractivity contribution < 1.29 is 9.18 Å². The van der Waals surface area contributed by atoms with Crippen molar-refractivity contribution in [3.63, 3.8) is 0 Å². The van der Waals surface area contributed by atoms with Crippen molar-refractivity contribution in [2.75, 3.05) is 5.75 Å². The Hall–Kier alpha value is -3.45. The van der Waals surface area contributed by atoms with E-state index in [-0.39, 0.29) is 23.2 Å². The van der Waals surface area contributed by atoms with E-state index in [1.165, 1.54) is 22.4 Å². The molecular weight excluding hydrogens is 437 g/mol. The Balaban J connectivity index is 1.47. The molecule has 0 fully saturated rings. The van der Waals surface area contributed by atoms with Crippen LogP contribution in [0.25, 0.3) is 16.6 Å². The van der Waals surface area contributed by atoms with Crippen LogP contribution in [0, 0.1) is 5.82 Å². The van der Waals surface area contributed by atoms with Gasteiger partial charge in [0.25, 0.3) is 5.56 Å². The van der Waals surface area contributed by atoms with E-state index in [0.29, 0.717) is 34.7 Å². The van der Waals surface area contributed by atoms with Crippen LogP contribution in [0.3, 0.4) is 0 Å². The lowest BCUT2D eigenvalue weighted by Crippen LogP contribution is -2.26. The van der Waals surface area contributed by atoms with Crippen LogP contribution in [0.2, 0.25) is 0 Å². The van der Waals surface area contributed by atoms with E-state index in [4.69, 9.17) is 0 Å². The number of rotatable bonds is 8. The Labute approximate surface area is 195 Å². The summed E-state index contributed by atoms with van der Waals surface area (Å²) in [5.41, 5.74) is 1.46. The molecule has 1 N–H and O–H groups in total. The van der Waals surface area contributed by atoms with Crippen LogP contribution in [0.5, 0.6) is 0 Å². The van der Waals surface area contributed by atoms with Gasteiger partial charge in [-0.25, -0.2) is 9.37 Å². The van der Waals surface area contributed by atoms with Crippen molar-refractivity contribution in [1.82, 2.24) is 14.9 Å². The van der Waals surface area contributed by atoms with Crippen molar-refractivity contribution in [2.45, 2.75) is 31.0 Å². The van der Waals surface area contributed by atoms with Gasteiger partial charge in [-0.05, 0) is 43.2 Å². The third-order valence-electron chi connectivity index (χ3n) is 5.29. The second kappa shape index (κ2) is 10.4. The molecule has 0 saturated carbocycles. The number of hydrogen-bond acceptors (Lipinski definition) is 4. The number of fused-ring (bicyclic) bond motifs is 1. The zero-order valence-corrected chi connectivity index (χ0v) is 19.0. The first kappa shape index (κ1) is 22.7. The summed E-state index contributed by atoms with van der Waals surface area (Å²) in [5.74, 6) is 0.0320. The molecule has 5 nitrogen and oxygen atoms in total. The van der Waals surface area contributed by atoms with Gasteiger partial charge in [-0.15, -0.1) is 0 Å². The quantitative estimate of drug-likeness (QED) is 0.220. The lowest BCUT2D eigenvalue weighted by molar-refractivity contribution is -0.121. The fourth-order valence-electron chi connectivity index (χ4n) is 3.59. The van der Waals surface area contributed by atoms with Crippen LogP contribution >= 0.6 is 11.8 Å². The van der Waals surface area contributed by atoms with Crippen LogP contribution in [0.15, 0.2) is 88.8 Å². The minimum atomic E-state index is -0.493. The van der Waals surface area contributed by atoms with E-state index in [1.807, 2.05) is 43.3 Å². The molecule has 33 heavy (non-hydrogen) atoms. The molecule has 0 bridgehead atoms. The summed E-state index contributed by atoms with van der Waals surface area (Å²) in [4.78, 5) is 30.2. The number of aromatic nitrogens is 2. The number of carbonyl (C=O) groups is 1. The Bertz CT molecular complexity index is 1320. The van der Waals surface area contributed by atoms with Gasteiger partial charge in [0.15, 0.2) is 5.16 Å². The predicted molar refractivity (Wildman–Crippen MR) is 130 cm³/mol. The maximum absolute atomic E-state index is 14.5. The SMILES string of the molecule is CC(NC(=O)CCCSc1nc2ccccc2c(=O)n1-c1ccccc1F)c1ccccc1. The third kappa shape index (κ3) is 5.31. The summed E-state index contributed by atoms with van der Waals surface area (Å²) < 4.78 is 15.9. The third-order valence-corrected chi connectivity index (χ3v) is 6.32. The highest BCUT2D eigenvalue weighted by molar-refractivity contribution is 7.99. The summed E-state index contributed by atoms with van der Waals surface area (Å²) in [6.07, 6.45) is 0.944. The highest BCUT2D eigenvalue weighted by atomic mass is 32.2. The predicted octanol–water partition coefficient (Wildman–Crippen LogP) is 5.27. The molecule has 0 aliphatic heterocycles. The zero-order valence-electron chi connectivity index (χ0n) is 18.2. The summed E-state index contributed by atoms with van der Waals surface area (Å²) >= 11 is 1.34. The number of para-hydroxylation sites is 2. The molecule has 1 amide bonds. The maximum Gasteiger partial charge on any atom is 0.266 e. The van der Waals surface area contributed by atoms with Crippen LogP contribution in [-0.4, -0.2) is 21.2 Å². The summed E-state index contributed by atoms with van der Waals surface area (Å²) in [6.45, 7) is 1.95. The average molecular weight is 462 g/mol. The van der Waals surface area contributed by atoms with Gasteiger partial charge in [-0.3, -0.25) is 14.2 Å². The van der Waals surface area contributed by atoms with E-state index in [1.54, 1.807) is 36.4 Å². The van der Waals surface area contributed by atoms with E-state index < -0.39 is 5.82 Å². The van der Waals surface area contributed by atoms with Gasteiger partial charge >= 0.3 is 0 Å². The van der Waals surface area contributed by atoms with Gasteiger partial charge in [-0.2, -0.15) is 0 Å². The van der Waals surface area contributed by atoms with Crippen molar-refractivity contribution in [3.8, 4) is 5.69 Å². The van der Waals surface area contributed by atoms with E-state index in [0.717, 1.165) is 5.56 Å². The van der Waals surface area contributed by atoms with Gasteiger partial charge in [0.05, 0.1) is 22.6 Å². The highest BCUT2D eigenvalue weighted by Gasteiger charge is 2.16. The van der Waals surface area contributed by atoms with Crippen molar-refractivity contribution in [1.29, 1.82) is 0 Å². The first-order valence-electron chi connectivity index (χ1n) is 10.8. The molecule has 1 unspecified atom stereocenters. The van der Waals surface area contributed by atoms with Crippen LogP contribution in [0.4, 0.5) is 4.39 Å². The van der Waals surface area contributed by atoms with Crippen LogP contribution in [0.1, 0.15) is 31.4 Å². The number of hydrogen-bond donors (Lipinski definition) is 1. The molecule has 0 aliphatic carbocycles. The zero-order chi connectivity index (χ0) is 23.2. The normalized spacial score (nSPS) is 11.9. The summed E-state index contributed by atoms with van der Waals surface area (Å²) in [6, 6.07) is 22.9. The van der Waals surface area contributed by atoms with Gasteiger partial charge < -0.3 is 5.32 Å². The van der Waals surface area contributed by atoms with E-state index in [2.05, 4.69) is 10.3 Å². The molecule has 7 heteroatoms. The number of nitrogens with one attached hydrogen (secondary N) is 1. The largest absolute Gasteiger partial charge is 0.350 e. The highest BCUT2D eigenvalue weighted by Crippen LogP contribution is 2.23. The van der Waals surface area contributed by atoms with Gasteiger partial charge in [-0.1, -0.05) is 66.4 Å². The van der Waals surface area contributed by atoms with Crippen LogP contribution in [-0.2, 0) is 4.79 Å². The van der Waals surface area contributed by atoms with E-state index >= 15 is 0 Å². The van der Waals surface area contributed by atoms with E-state index in [9.17, 15) is 14.0 Å². The number of benzene rings is 3. The molecule has 4 aromatic rings. The molecule has 1 heterocycles. The summed E-state index contributed by atoms with van der Waals surface area (Å²) in [5, 5.41) is 3.84. The Morgan fingerprint density at radius 1 is 1.03 bits per heavy atom. The van der Waals surface area contributed by atoms with Crippen LogP contribution < -0.4 is 10.9 Å². The molecule has 0 radical (unpaired) electrons. The molecule has 168 valence electrons. The Morgan fingerprint density at radius 3 is 2.52 bits per heavy atom. The summed E-state index contributed by atoms with van der Waals surface area (Å²) in [7, 11) is 0. The number of thioether (sulfide) groups is 1. The molecule has 4 rings (SSSR count). The smallest absolute Gasteiger partial charge is 0.266 e. The fraction of sp³-hybridized carbons (Fsp3) is 0.192. The monoisotopic (exact) mass is 461 g/mol. The number of carbonyl (C=O) groups excluding carboxylic acids is 1. The minimum absolute atomic E-state index is 0.0371. The minimum Gasteiger partial charge on any atom is -0.350 e. The molecule has 3 aromatic carbocycles. The molecule has 0 saturated heterocycles. The molecular formula is C26H24FN3O2S. The van der Waals surface area contributed by atoms with Crippen molar-refractivity contribution in [3.05, 3.63) is 101 Å². The van der Waals surface area contributed by atoms with Crippen molar-refractivity contribution in [2.24, 2.45) is 0 Å². The number of halogens is 1. The van der Waals surface area contributed by atoms with Gasteiger partial charge in [0.2, 0.25) is 5.91 Å². The molecule has 1 aromatic heterocycles. The van der Waals surface area contributed by atoms with Gasteiger partial charge in [0, 0.05) is 12.2 Å². The first-order chi connectivity index (χ1) is 16.0. The molecule has 1 atom stereocenters. The Kier molecular flexibility index (Phi) is 7.19. The Morgan fingerprint density at radius 2 is 1.73 bits per heavy atom. The second-order valence-corrected chi connectivity index (χ2v) is 8.72. The number of nitrogens with zero attached hydrogens (tertiary/aromatic N) is 2. The topological polar surface area (TPSA) is 64.0 Å². The molecule has 0 spiro atoms. The first-order valence-corrected chi connectivity index (χ1v) is 11.8. The lowest BCUT2D eigenvalue weighted by Gasteiger charge is -2.15. The average Bonchev–Trinajstić information content (AvgIpc) is 2.83. The fourth-order valence-corrected chi connectivity index (χ4v) is 4.53. The molecule has 0 aliphatic rings. The lowest BCUT2D eigenvalue weighted by atomic mass is 10.1.